The molecule has 3 aromatic rings. The summed E-state index contributed by atoms with van der Waals surface area (Å²) in [5.74, 6) is 1.03. The Bertz CT molecular complexity index is 966. The molecule has 0 bridgehead atoms. The Kier molecular flexibility index (Phi) is 2.88. The van der Waals surface area contributed by atoms with Gasteiger partial charge >= 0.3 is 0 Å². The van der Waals surface area contributed by atoms with Crippen LogP contribution in [0.1, 0.15) is 41.5 Å². The van der Waals surface area contributed by atoms with E-state index in [0.717, 1.165) is 29.0 Å². The Morgan fingerprint density at radius 3 is 2.46 bits per heavy atom. The molecule has 2 aliphatic heterocycles. The fourth-order valence-electron chi connectivity index (χ4n) is 4.27. The van der Waals surface area contributed by atoms with E-state index in [9.17, 15) is 0 Å². The van der Waals surface area contributed by atoms with E-state index < -0.39 is 0 Å². The lowest BCUT2D eigenvalue weighted by atomic mass is 9.82. The predicted molar refractivity (Wildman–Crippen MR) is 101 cm³/mol. The second-order valence-electron chi connectivity index (χ2n) is 7.33. The van der Waals surface area contributed by atoms with E-state index in [2.05, 4.69) is 58.9 Å². The number of aromatic nitrogens is 2. The van der Waals surface area contributed by atoms with Gasteiger partial charge in [-0.1, -0.05) is 52.3 Å². The fraction of sp³-hybridized carbons (Fsp3) is 0.300. The molecule has 120 valence electrons. The molecule has 0 saturated carbocycles. The average molecular weight is 380 g/mol. The van der Waals surface area contributed by atoms with Crippen LogP contribution in [0, 0.1) is 0 Å². The number of fused-ring (bicyclic) bond motifs is 6. The summed E-state index contributed by atoms with van der Waals surface area (Å²) in [6, 6.07) is 17.2. The van der Waals surface area contributed by atoms with Crippen molar-refractivity contribution < 1.29 is 0 Å². The molecule has 3 heterocycles. The van der Waals surface area contributed by atoms with Gasteiger partial charge in [0.1, 0.15) is 0 Å². The number of hydrogen-bond donors (Lipinski definition) is 0. The number of anilines is 1. The van der Waals surface area contributed by atoms with Gasteiger partial charge < -0.3 is 4.90 Å². The first kappa shape index (κ1) is 14.4. The number of rotatable bonds is 0. The maximum atomic E-state index is 4.99. The van der Waals surface area contributed by atoms with Crippen LogP contribution in [0.2, 0.25) is 0 Å². The van der Waals surface area contributed by atoms with Gasteiger partial charge in [-0.2, -0.15) is 0 Å². The Morgan fingerprint density at radius 1 is 1.00 bits per heavy atom. The summed E-state index contributed by atoms with van der Waals surface area (Å²) in [4.78, 5) is 12.6. The van der Waals surface area contributed by atoms with Gasteiger partial charge in [-0.15, -0.1) is 0 Å². The third-order valence-electron chi connectivity index (χ3n) is 5.27. The van der Waals surface area contributed by atoms with Crippen LogP contribution < -0.4 is 4.90 Å². The highest BCUT2D eigenvalue weighted by atomic mass is 79.9. The van der Waals surface area contributed by atoms with Crippen LogP contribution in [-0.4, -0.2) is 15.5 Å². The van der Waals surface area contributed by atoms with Crippen molar-refractivity contribution in [1.29, 1.82) is 0 Å². The Hall–Kier alpha value is -1.94. The molecule has 0 amide bonds. The van der Waals surface area contributed by atoms with Crippen molar-refractivity contribution in [2.45, 2.75) is 36.7 Å². The van der Waals surface area contributed by atoms with E-state index in [1.165, 1.54) is 11.1 Å². The molecule has 0 N–H and O–H groups in total. The molecule has 2 atom stereocenters. The molecular formula is C20H18BrN3. The SMILES string of the molecule is CC1(C)Cc2ccccc2C2C(Br)c3nc4ccccc4nc3N21. The van der Waals surface area contributed by atoms with E-state index >= 15 is 0 Å². The Balaban J connectivity index is 1.79. The maximum absolute atomic E-state index is 4.99. The molecule has 24 heavy (non-hydrogen) atoms. The maximum Gasteiger partial charge on any atom is 0.153 e. The summed E-state index contributed by atoms with van der Waals surface area (Å²) >= 11 is 3.94. The molecule has 2 unspecified atom stereocenters. The zero-order valence-corrected chi connectivity index (χ0v) is 15.3. The Morgan fingerprint density at radius 2 is 1.67 bits per heavy atom. The van der Waals surface area contributed by atoms with Gasteiger partial charge in [-0.3, -0.25) is 0 Å². The summed E-state index contributed by atoms with van der Waals surface area (Å²) in [5.41, 5.74) is 5.82. The van der Waals surface area contributed by atoms with Crippen molar-refractivity contribution in [1.82, 2.24) is 9.97 Å². The second kappa shape index (κ2) is 4.79. The first-order valence-corrected chi connectivity index (χ1v) is 9.26. The highest BCUT2D eigenvalue weighted by Crippen LogP contribution is 2.56. The zero-order chi connectivity index (χ0) is 16.5. The van der Waals surface area contributed by atoms with Crippen LogP contribution >= 0.6 is 15.9 Å². The molecule has 0 aliphatic carbocycles. The second-order valence-corrected chi connectivity index (χ2v) is 8.31. The predicted octanol–water partition coefficient (Wildman–Crippen LogP) is 4.96. The minimum absolute atomic E-state index is 0.00737. The van der Waals surface area contributed by atoms with Crippen LogP contribution in [-0.2, 0) is 6.42 Å². The molecule has 5 rings (SSSR count). The number of halogens is 1. The van der Waals surface area contributed by atoms with Gasteiger partial charge in [-0.05, 0) is 43.5 Å². The number of para-hydroxylation sites is 2. The van der Waals surface area contributed by atoms with E-state index in [1.807, 2.05) is 24.3 Å². The van der Waals surface area contributed by atoms with Crippen molar-refractivity contribution in [2.24, 2.45) is 0 Å². The number of alkyl halides is 1. The normalized spacial score (nSPS) is 23.7. The van der Waals surface area contributed by atoms with Crippen molar-refractivity contribution in [3.63, 3.8) is 0 Å². The lowest BCUT2D eigenvalue weighted by Crippen LogP contribution is -2.50. The first-order valence-electron chi connectivity index (χ1n) is 8.34. The number of nitrogens with zero attached hydrogens (tertiary/aromatic N) is 3. The van der Waals surface area contributed by atoms with Gasteiger partial charge in [0.05, 0.1) is 27.6 Å². The molecular weight excluding hydrogens is 362 g/mol. The minimum atomic E-state index is 0.00737. The third kappa shape index (κ3) is 1.83. The summed E-state index contributed by atoms with van der Waals surface area (Å²) in [7, 11) is 0. The molecule has 1 aromatic heterocycles. The first-order chi connectivity index (χ1) is 11.6. The molecule has 0 radical (unpaired) electrons. The van der Waals surface area contributed by atoms with Crippen LogP contribution in [0.5, 0.6) is 0 Å². The molecule has 2 aromatic carbocycles. The van der Waals surface area contributed by atoms with Gasteiger partial charge in [-0.25, -0.2) is 9.97 Å². The van der Waals surface area contributed by atoms with E-state index in [-0.39, 0.29) is 16.4 Å². The van der Waals surface area contributed by atoms with Crippen LogP contribution in [0.15, 0.2) is 48.5 Å². The van der Waals surface area contributed by atoms with Crippen LogP contribution in [0.4, 0.5) is 5.82 Å². The van der Waals surface area contributed by atoms with E-state index in [0.29, 0.717) is 0 Å². The molecule has 4 heteroatoms. The van der Waals surface area contributed by atoms with Crippen molar-refractivity contribution in [3.8, 4) is 0 Å². The van der Waals surface area contributed by atoms with Crippen molar-refractivity contribution >= 4 is 32.8 Å². The van der Waals surface area contributed by atoms with Crippen LogP contribution in [0.3, 0.4) is 0 Å². The highest BCUT2D eigenvalue weighted by molar-refractivity contribution is 9.09. The van der Waals surface area contributed by atoms with Gasteiger partial charge in [0.25, 0.3) is 0 Å². The lowest BCUT2D eigenvalue weighted by molar-refractivity contribution is 0.392. The van der Waals surface area contributed by atoms with Crippen molar-refractivity contribution in [3.05, 3.63) is 65.4 Å². The molecule has 0 fully saturated rings. The lowest BCUT2D eigenvalue weighted by Gasteiger charge is -2.46. The molecule has 0 spiro atoms. The monoisotopic (exact) mass is 379 g/mol. The quantitative estimate of drug-likeness (QED) is 0.516. The van der Waals surface area contributed by atoms with Gasteiger partial charge in [0, 0.05) is 5.54 Å². The summed E-state index contributed by atoms with van der Waals surface area (Å²) in [6.07, 6.45) is 1.02. The largest absolute Gasteiger partial charge is 0.341 e. The van der Waals surface area contributed by atoms with Gasteiger partial charge in [0.15, 0.2) is 5.82 Å². The topological polar surface area (TPSA) is 29.0 Å². The average Bonchev–Trinajstić information content (AvgIpc) is 2.86. The van der Waals surface area contributed by atoms with E-state index in [1.54, 1.807) is 0 Å². The summed E-state index contributed by atoms with van der Waals surface area (Å²) in [5, 5.41) is 0. The summed E-state index contributed by atoms with van der Waals surface area (Å²) in [6.45, 7) is 4.61. The third-order valence-corrected chi connectivity index (χ3v) is 6.21. The molecule has 2 aliphatic rings. The number of benzene rings is 2. The fourth-order valence-corrected chi connectivity index (χ4v) is 5.10. The van der Waals surface area contributed by atoms with Crippen LogP contribution in [0.25, 0.3) is 11.0 Å². The minimum Gasteiger partial charge on any atom is -0.341 e. The molecule has 3 nitrogen and oxygen atoms in total. The smallest absolute Gasteiger partial charge is 0.153 e. The summed E-state index contributed by atoms with van der Waals surface area (Å²) < 4.78 is 0. The number of hydrogen-bond acceptors (Lipinski definition) is 3. The van der Waals surface area contributed by atoms with E-state index in [4.69, 9.17) is 9.97 Å². The molecule has 0 saturated heterocycles. The standard InChI is InChI=1S/C20H18BrN3/c1-20(2)11-12-7-3-4-8-13(12)18-16(21)17-19(24(18)20)23-15-10-6-5-9-14(15)22-17/h3-10,16,18H,11H2,1-2H3. The zero-order valence-electron chi connectivity index (χ0n) is 13.7. The highest BCUT2D eigenvalue weighted by Gasteiger charge is 2.50. The Labute approximate surface area is 149 Å². The van der Waals surface area contributed by atoms with Gasteiger partial charge in [0.2, 0.25) is 0 Å². The van der Waals surface area contributed by atoms with Crippen molar-refractivity contribution in [2.75, 3.05) is 4.90 Å².